The summed E-state index contributed by atoms with van der Waals surface area (Å²) >= 11 is 0. The van der Waals surface area contributed by atoms with Crippen LogP contribution in [0.25, 0.3) is 17.1 Å². The van der Waals surface area contributed by atoms with Crippen LogP contribution in [-0.4, -0.2) is 14.3 Å². The van der Waals surface area contributed by atoms with Crippen LogP contribution in [0.5, 0.6) is 0 Å². The fraction of sp³-hybridized carbons (Fsp3) is 0.222. The minimum Gasteiger partial charge on any atom is -0.275 e. The molecule has 4 nitrogen and oxygen atoms in total. The second-order valence-corrected chi connectivity index (χ2v) is 5.22. The minimum absolute atomic E-state index is 0.0847. The lowest BCUT2D eigenvalue weighted by Crippen LogP contribution is -2.24. The second-order valence-electron chi connectivity index (χ2n) is 5.22. The summed E-state index contributed by atoms with van der Waals surface area (Å²) in [6, 6.07) is 19.4. The van der Waals surface area contributed by atoms with Crippen LogP contribution >= 0.6 is 0 Å². The Hall–Kier alpha value is -2.62. The SMILES string of the molecule is CCCCn1c(-c2ccccc2)nn(-c2ccccc2)c1=O. The Labute approximate surface area is 129 Å². The molecule has 112 valence electrons. The summed E-state index contributed by atoms with van der Waals surface area (Å²) in [5, 5.41) is 4.57. The zero-order valence-electron chi connectivity index (χ0n) is 12.6. The van der Waals surface area contributed by atoms with E-state index in [4.69, 9.17) is 0 Å². The number of hydrogen-bond donors (Lipinski definition) is 0. The average molecular weight is 293 g/mol. The van der Waals surface area contributed by atoms with Gasteiger partial charge in [0, 0.05) is 12.1 Å². The number of benzene rings is 2. The first kappa shape index (κ1) is 14.3. The van der Waals surface area contributed by atoms with Crippen molar-refractivity contribution in [2.75, 3.05) is 0 Å². The van der Waals surface area contributed by atoms with Crippen molar-refractivity contribution in [2.24, 2.45) is 0 Å². The summed E-state index contributed by atoms with van der Waals surface area (Å²) in [6.07, 6.45) is 2.00. The van der Waals surface area contributed by atoms with Crippen molar-refractivity contribution in [1.82, 2.24) is 14.3 Å². The monoisotopic (exact) mass is 293 g/mol. The molecule has 0 bridgehead atoms. The molecule has 0 unspecified atom stereocenters. The maximum absolute atomic E-state index is 12.7. The third-order valence-electron chi connectivity index (χ3n) is 3.63. The summed E-state index contributed by atoms with van der Waals surface area (Å²) in [4.78, 5) is 12.7. The van der Waals surface area contributed by atoms with Crippen LogP contribution in [-0.2, 0) is 6.54 Å². The van der Waals surface area contributed by atoms with Crippen LogP contribution in [0, 0.1) is 0 Å². The highest BCUT2D eigenvalue weighted by Crippen LogP contribution is 2.17. The maximum atomic E-state index is 12.7. The predicted molar refractivity (Wildman–Crippen MR) is 88.2 cm³/mol. The van der Waals surface area contributed by atoms with Gasteiger partial charge in [-0.25, -0.2) is 4.79 Å². The van der Waals surface area contributed by atoms with Crippen LogP contribution in [0.4, 0.5) is 0 Å². The normalized spacial score (nSPS) is 10.8. The van der Waals surface area contributed by atoms with Gasteiger partial charge in [0.2, 0.25) is 0 Å². The van der Waals surface area contributed by atoms with Crippen LogP contribution in [0.2, 0.25) is 0 Å². The number of hydrogen-bond acceptors (Lipinski definition) is 2. The van der Waals surface area contributed by atoms with Gasteiger partial charge < -0.3 is 0 Å². The summed E-state index contributed by atoms with van der Waals surface area (Å²) in [6.45, 7) is 2.81. The number of aromatic nitrogens is 3. The molecule has 0 spiro atoms. The summed E-state index contributed by atoms with van der Waals surface area (Å²) in [7, 11) is 0. The van der Waals surface area contributed by atoms with E-state index in [0.717, 1.165) is 29.9 Å². The maximum Gasteiger partial charge on any atom is 0.351 e. The van der Waals surface area contributed by atoms with E-state index in [1.165, 1.54) is 4.68 Å². The van der Waals surface area contributed by atoms with Crippen molar-refractivity contribution in [2.45, 2.75) is 26.3 Å². The third-order valence-corrected chi connectivity index (χ3v) is 3.63. The number of unbranched alkanes of at least 4 members (excludes halogenated alkanes) is 1. The van der Waals surface area contributed by atoms with Crippen molar-refractivity contribution < 1.29 is 0 Å². The molecule has 1 aromatic heterocycles. The van der Waals surface area contributed by atoms with Crippen molar-refractivity contribution in [3.63, 3.8) is 0 Å². The largest absolute Gasteiger partial charge is 0.351 e. The second kappa shape index (κ2) is 6.43. The van der Waals surface area contributed by atoms with E-state index < -0.39 is 0 Å². The Morgan fingerprint density at radius 3 is 2.23 bits per heavy atom. The molecule has 3 aromatic rings. The molecule has 2 aromatic carbocycles. The Morgan fingerprint density at radius 2 is 1.59 bits per heavy atom. The topological polar surface area (TPSA) is 39.8 Å². The van der Waals surface area contributed by atoms with Crippen LogP contribution in [0.15, 0.2) is 65.5 Å². The van der Waals surface area contributed by atoms with Gasteiger partial charge in [0.1, 0.15) is 0 Å². The fourth-order valence-corrected chi connectivity index (χ4v) is 2.45. The van der Waals surface area contributed by atoms with E-state index in [-0.39, 0.29) is 5.69 Å². The number of nitrogens with zero attached hydrogens (tertiary/aromatic N) is 3. The van der Waals surface area contributed by atoms with E-state index >= 15 is 0 Å². The van der Waals surface area contributed by atoms with Crippen molar-refractivity contribution >= 4 is 0 Å². The van der Waals surface area contributed by atoms with Gasteiger partial charge in [0.15, 0.2) is 5.82 Å². The first-order chi connectivity index (χ1) is 10.8. The third kappa shape index (κ3) is 2.72. The van der Waals surface area contributed by atoms with Gasteiger partial charge in [-0.1, -0.05) is 61.9 Å². The number of rotatable bonds is 5. The van der Waals surface area contributed by atoms with E-state index in [1.807, 2.05) is 60.7 Å². The molecule has 0 aliphatic carbocycles. The number of para-hydroxylation sites is 1. The minimum atomic E-state index is -0.0847. The zero-order chi connectivity index (χ0) is 15.4. The molecule has 0 atom stereocenters. The zero-order valence-corrected chi connectivity index (χ0v) is 12.6. The van der Waals surface area contributed by atoms with Crippen molar-refractivity contribution in [3.8, 4) is 17.1 Å². The Morgan fingerprint density at radius 1 is 0.955 bits per heavy atom. The molecule has 0 N–H and O–H groups in total. The molecule has 0 saturated heterocycles. The fourth-order valence-electron chi connectivity index (χ4n) is 2.45. The molecule has 0 aliphatic rings. The van der Waals surface area contributed by atoms with E-state index in [1.54, 1.807) is 4.57 Å². The smallest absolute Gasteiger partial charge is 0.275 e. The molecule has 0 amide bonds. The summed E-state index contributed by atoms with van der Waals surface area (Å²) in [5.41, 5.74) is 1.67. The molecule has 0 saturated carbocycles. The van der Waals surface area contributed by atoms with Gasteiger partial charge in [0.05, 0.1) is 5.69 Å². The molecule has 1 heterocycles. The molecule has 3 rings (SSSR count). The molecule has 22 heavy (non-hydrogen) atoms. The first-order valence-electron chi connectivity index (χ1n) is 7.62. The lowest BCUT2D eigenvalue weighted by molar-refractivity contribution is 0.613. The van der Waals surface area contributed by atoms with Gasteiger partial charge in [-0.3, -0.25) is 4.57 Å². The van der Waals surface area contributed by atoms with Gasteiger partial charge in [0.25, 0.3) is 0 Å². The van der Waals surface area contributed by atoms with Crippen LogP contribution in [0.3, 0.4) is 0 Å². The molecular formula is C18H19N3O. The Kier molecular flexibility index (Phi) is 4.19. The van der Waals surface area contributed by atoms with E-state index in [2.05, 4.69) is 12.0 Å². The Bertz CT molecular complexity index is 788. The average Bonchev–Trinajstić information content (AvgIpc) is 2.91. The van der Waals surface area contributed by atoms with Gasteiger partial charge in [-0.2, -0.15) is 4.68 Å². The standard InChI is InChI=1S/C18H19N3O/c1-2-3-14-20-17(15-10-6-4-7-11-15)19-21(18(20)22)16-12-8-5-9-13-16/h4-13H,2-3,14H2,1H3. The molecule has 0 radical (unpaired) electrons. The predicted octanol–water partition coefficient (Wildman–Crippen LogP) is 3.50. The van der Waals surface area contributed by atoms with E-state index in [0.29, 0.717) is 6.54 Å². The van der Waals surface area contributed by atoms with Crippen LogP contribution < -0.4 is 5.69 Å². The highest BCUT2D eigenvalue weighted by atomic mass is 16.2. The van der Waals surface area contributed by atoms with Gasteiger partial charge in [-0.05, 0) is 18.6 Å². The molecular weight excluding hydrogens is 274 g/mol. The molecule has 4 heteroatoms. The lowest BCUT2D eigenvalue weighted by atomic mass is 10.2. The molecule has 0 aliphatic heterocycles. The van der Waals surface area contributed by atoms with Gasteiger partial charge in [-0.15, -0.1) is 5.10 Å². The van der Waals surface area contributed by atoms with Crippen molar-refractivity contribution in [1.29, 1.82) is 0 Å². The lowest BCUT2D eigenvalue weighted by Gasteiger charge is -2.04. The van der Waals surface area contributed by atoms with Crippen LogP contribution in [0.1, 0.15) is 19.8 Å². The first-order valence-corrected chi connectivity index (χ1v) is 7.62. The van der Waals surface area contributed by atoms with E-state index in [9.17, 15) is 4.79 Å². The summed E-state index contributed by atoms with van der Waals surface area (Å²) in [5.74, 6) is 0.725. The quantitative estimate of drug-likeness (QED) is 0.722. The van der Waals surface area contributed by atoms with Gasteiger partial charge >= 0.3 is 5.69 Å². The Balaban J connectivity index is 2.14. The highest BCUT2D eigenvalue weighted by molar-refractivity contribution is 5.55. The summed E-state index contributed by atoms with van der Waals surface area (Å²) < 4.78 is 3.25. The highest BCUT2D eigenvalue weighted by Gasteiger charge is 2.15. The molecule has 0 fully saturated rings. The van der Waals surface area contributed by atoms with Crippen molar-refractivity contribution in [3.05, 3.63) is 71.1 Å².